The summed E-state index contributed by atoms with van der Waals surface area (Å²) in [5, 5.41) is 12.9. The number of aliphatic hydroxyl groups is 1. The van der Waals surface area contributed by atoms with Gasteiger partial charge in [-0.15, -0.1) is 22.7 Å². The fourth-order valence-electron chi connectivity index (χ4n) is 2.36. The highest BCUT2D eigenvalue weighted by molar-refractivity contribution is 7.26. The van der Waals surface area contributed by atoms with Crippen LogP contribution in [0.3, 0.4) is 0 Å². The van der Waals surface area contributed by atoms with Crippen molar-refractivity contribution in [3.63, 3.8) is 0 Å². The van der Waals surface area contributed by atoms with E-state index in [1.807, 2.05) is 17.5 Å². The fraction of sp³-hybridized carbons (Fsp3) is 0.200. The molecule has 0 fully saturated rings. The van der Waals surface area contributed by atoms with E-state index in [9.17, 15) is 9.50 Å². The highest BCUT2D eigenvalue weighted by Gasteiger charge is 2.25. The normalized spacial score (nSPS) is 14.5. The van der Waals surface area contributed by atoms with Crippen molar-refractivity contribution in [3.05, 3.63) is 57.0 Å². The van der Waals surface area contributed by atoms with Crippen LogP contribution in [-0.2, 0) is 0 Å². The highest BCUT2D eigenvalue weighted by Crippen LogP contribution is 2.40. The molecule has 3 N–H and O–H groups in total. The molecule has 0 aliphatic rings. The van der Waals surface area contributed by atoms with Crippen LogP contribution in [0.2, 0.25) is 5.02 Å². The third-order valence-corrected chi connectivity index (χ3v) is 5.94. The van der Waals surface area contributed by atoms with Gasteiger partial charge in [-0.25, -0.2) is 4.39 Å². The zero-order valence-electron chi connectivity index (χ0n) is 10.9. The molecule has 2 atom stereocenters. The second-order valence-electron chi connectivity index (χ2n) is 4.75. The van der Waals surface area contributed by atoms with E-state index in [0.29, 0.717) is 10.6 Å². The van der Waals surface area contributed by atoms with Crippen LogP contribution in [0.1, 0.15) is 22.5 Å². The minimum Gasteiger partial charge on any atom is -0.387 e. The Bertz CT molecular complexity index is 741. The van der Waals surface area contributed by atoms with E-state index in [-0.39, 0.29) is 12.5 Å². The standard InChI is InChI=1S/C15H13ClFNOS2/c16-11-5-8(17)1-2-9(11)10(7-18)15(19)14-6-13-12(21-14)3-4-20-13/h1-6,10,15,19H,7,18H2. The van der Waals surface area contributed by atoms with Crippen LogP contribution in [0.25, 0.3) is 9.40 Å². The van der Waals surface area contributed by atoms with Crippen LogP contribution in [0, 0.1) is 5.82 Å². The molecule has 2 nitrogen and oxygen atoms in total. The Morgan fingerprint density at radius 1 is 1.24 bits per heavy atom. The lowest BCUT2D eigenvalue weighted by molar-refractivity contribution is 0.151. The quantitative estimate of drug-likeness (QED) is 0.732. The molecule has 110 valence electrons. The summed E-state index contributed by atoms with van der Waals surface area (Å²) in [6, 6.07) is 8.19. The van der Waals surface area contributed by atoms with Gasteiger partial charge in [-0.2, -0.15) is 0 Å². The summed E-state index contributed by atoms with van der Waals surface area (Å²) in [6.45, 7) is 0.234. The molecule has 0 spiro atoms. The Labute approximate surface area is 134 Å². The summed E-state index contributed by atoms with van der Waals surface area (Å²) in [6.07, 6.45) is -0.748. The molecule has 6 heteroatoms. The number of aliphatic hydroxyl groups excluding tert-OH is 1. The molecule has 2 aromatic heterocycles. The van der Waals surface area contributed by atoms with Gasteiger partial charge in [0.2, 0.25) is 0 Å². The van der Waals surface area contributed by atoms with Crippen LogP contribution in [0.5, 0.6) is 0 Å². The van der Waals surface area contributed by atoms with Crippen LogP contribution < -0.4 is 5.73 Å². The first-order valence-electron chi connectivity index (χ1n) is 6.40. The summed E-state index contributed by atoms with van der Waals surface area (Å²) in [7, 11) is 0. The molecule has 2 unspecified atom stereocenters. The lowest BCUT2D eigenvalue weighted by Crippen LogP contribution is -2.20. The van der Waals surface area contributed by atoms with E-state index in [2.05, 4.69) is 0 Å². The molecule has 3 rings (SSSR count). The average molecular weight is 342 g/mol. The van der Waals surface area contributed by atoms with E-state index < -0.39 is 11.9 Å². The van der Waals surface area contributed by atoms with Crippen molar-refractivity contribution < 1.29 is 9.50 Å². The molecular formula is C15H13ClFNOS2. The highest BCUT2D eigenvalue weighted by atomic mass is 35.5. The maximum Gasteiger partial charge on any atom is 0.124 e. The SMILES string of the molecule is NCC(c1ccc(F)cc1Cl)C(O)c1cc2sccc2s1. The van der Waals surface area contributed by atoms with Crippen molar-refractivity contribution in [1.29, 1.82) is 0 Å². The largest absolute Gasteiger partial charge is 0.387 e. The first-order chi connectivity index (χ1) is 10.1. The molecule has 21 heavy (non-hydrogen) atoms. The number of halogens is 2. The van der Waals surface area contributed by atoms with Gasteiger partial charge in [0.25, 0.3) is 0 Å². The summed E-state index contributed by atoms with van der Waals surface area (Å²) in [5.41, 5.74) is 6.49. The molecule has 0 amide bonds. The second-order valence-corrected chi connectivity index (χ2v) is 7.22. The summed E-state index contributed by atoms with van der Waals surface area (Å²) >= 11 is 9.28. The first kappa shape index (κ1) is 14.9. The molecule has 0 bridgehead atoms. The Morgan fingerprint density at radius 2 is 2.05 bits per heavy atom. The Hall–Kier alpha value is -0.980. The van der Waals surface area contributed by atoms with E-state index in [1.54, 1.807) is 28.7 Å². The number of benzene rings is 1. The molecule has 0 aliphatic heterocycles. The van der Waals surface area contributed by atoms with Gasteiger partial charge in [0.1, 0.15) is 5.82 Å². The van der Waals surface area contributed by atoms with E-state index in [0.717, 1.165) is 14.3 Å². The summed E-state index contributed by atoms with van der Waals surface area (Å²) < 4.78 is 15.5. The Kier molecular flexibility index (Phi) is 4.28. The molecule has 1 aromatic carbocycles. The number of rotatable bonds is 4. The smallest absolute Gasteiger partial charge is 0.124 e. The molecular weight excluding hydrogens is 329 g/mol. The van der Waals surface area contributed by atoms with Gasteiger partial charge in [0.15, 0.2) is 0 Å². The maximum atomic E-state index is 13.2. The summed E-state index contributed by atoms with van der Waals surface area (Å²) in [4.78, 5) is 0.854. The fourth-order valence-corrected chi connectivity index (χ4v) is 4.84. The molecule has 0 aliphatic carbocycles. The molecule has 2 heterocycles. The van der Waals surface area contributed by atoms with Gasteiger partial charge in [0, 0.05) is 31.8 Å². The van der Waals surface area contributed by atoms with Crippen LogP contribution in [-0.4, -0.2) is 11.7 Å². The van der Waals surface area contributed by atoms with Crippen molar-refractivity contribution >= 4 is 43.7 Å². The number of thiophene rings is 2. The first-order valence-corrected chi connectivity index (χ1v) is 8.47. The van der Waals surface area contributed by atoms with Gasteiger partial charge < -0.3 is 10.8 Å². The van der Waals surface area contributed by atoms with Crippen molar-refractivity contribution in [2.75, 3.05) is 6.54 Å². The predicted octanol–water partition coefficient (Wildman–Crippen LogP) is 4.53. The van der Waals surface area contributed by atoms with Gasteiger partial charge in [-0.3, -0.25) is 0 Å². The van der Waals surface area contributed by atoms with Crippen LogP contribution in [0.15, 0.2) is 35.7 Å². The molecule has 0 saturated carbocycles. The van der Waals surface area contributed by atoms with Crippen molar-refractivity contribution in [2.45, 2.75) is 12.0 Å². The topological polar surface area (TPSA) is 46.2 Å². The van der Waals surface area contributed by atoms with Crippen LogP contribution >= 0.6 is 34.3 Å². The zero-order chi connectivity index (χ0) is 15.0. The lowest BCUT2D eigenvalue weighted by atomic mass is 9.92. The number of hydrogen-bond acceptors (Lipinski definition) is 4. The van der Waals surface area contributed by atoms with E-state index in [1.165, 1.54) is 12.1 Å². The van der Waals surface area contributed by atoms with Gasteiger partial charge >= 0.3 is 0 Å². The van der Waals surface area contributed by atoms with Crippen molar-refractivity contribution in [1.82, 2.24) is 0 Å². The molecule has 0 saturated heterocycles. The zero-order valence-corrected chi connectivity index (χ0v) is 13.3. The third kappa shape index (κ3) is 2.84. The van der Waals surface area contributed by atoms with Crippen molar-refractivity contribution in [3.8, 4) is 0 Å². The van der Waals surface area contributed by atoms with E-state index in [4.69, 9.17) is 17.3 Å². The number of fused-ring (bicyclic) bond motifs is 1. The van der Waals surface area contributed by atoms with E-state index >= 15 is 0 Å². The second kappa shape index (κ2) is 6.02. The third-order valence-electron chi connectivity index (χ3n) is 3.45. The van der Waals surface area contributed by atoms with Gasteiger partial charge in [0.05, 0.1) is 6.10 Å². The minimum atomic E-state index is -0.748. The molecule has 3 aromatic rings. The predicted molar refractivity (Wildman–Crippen MR) is 87.9 cm³/mol. The average Bonchev–Trinajstić information content (AvgIpc) is 3.02. The monoisotopic (exact) mass is 341 g/mol. The van der Waals surface area contributed by atoms with Gasteiger partial charge in [-0.05, 0) is 35.2 Å². The Morgan fingerprint density at radius 3 is 2.71 bits per heavy atom. The Balaban J connectivity index is 1.96. The van der Waals surface area contributed by atoms with Gasteiger partial charge in [-0.1, -0.05) is 17.7 Å². The summed E-state index contributed by atoms with van der Waals surface area (Å²) in [5.74, 6) is -0.753. The lowest BCUT2D eigenvalue weighted by Gasteiger charge is -2.22. The maximum absolute atomic E-state index is 13.2. The number of nitrogens with two attached hydrogens (primary N) is 1. The van der Waals surface area contributed by atoms with Crippen molar-refractivity contribution in [2.24, 2.45) is 5.73 Å². The minimum absolute atomic E-state index is 0.234. The van der Waals surface area contributed by atoms with Crippen LogP contribution in [0.4, 0.5) is 4.39 Å². The molecule has 0 radical (unpaired) electrons. The number of hydrogen-bond donors (Lipinski definition) is 2.